The summed E-state index contributed by atoms with van der Waals surface area (Å²) in [6.45, 7) is 0.670. The van der Waals surface area contributed by atoms with Gasteiger partial charge in [-0.2, -0.15) is 0 Å². The molecule has 0 bridgehead atoms. The molecule has 0 amide bonds. The van der Waals surface area contributed by atoms with E-state index in [2.05, 4.69) is 5.92 Å². The van der Waals surface area contributed by atoms with E-state index in [1.807, 2.05) is 0 Å². The van der Waals surface area contributed by atoms with E-state index >= 15 is 0 Å². The van der Waals surface area contributed by atoms with Crippen molar-refractivity contribution >= 4 is 5.97 Å². The van der Waals surface area contributed by atoms with Crippen LogP contribution in [0.2, 0.25) is 0 Å². The molecule has 3 heteroatoms. The lowest BCUT2D eigenvalue weighted by atomic mass is 10.3. The van der Waals surface area contributed by atoms with Crippen molar-refractivity contribution in [1.82, 2.24) is 4.57 Å². The molecule has 0 unspecified atom stereocenters. The molecule has 0 saturated carbocycles. The minimum Gasteiger partial charge on any atom is -0.478 e. The number of carboxylic acid groups (broad SMARTS) is 1. The van der Waals surface area contributed by atoms with Crippen molar-refractivity contribution in [3.05, 3.63) is 24.0 Å². The minimum atomic E-state index is -0.908. The average molecular weight is 163 g/mol. The van der Waals surface area contributed by atoms with Gasteiger partial charge in [0, 0.05) is 25.4 Å². The minimum absolute atomic E-state index is 0.298. The Kier molecular flexibility index (Phi) is 2.54. The summed E-state index contributed by atoms with van der Waals surface area (Å²) >= 11 is 0. The van der Waals surface area contributed by atoms with E-state index in [0.717, 1.165) is 0 Å². The molecule has 1 rings (SSSR count). The average Bonchev–Trinajstić information content (AvgIpc) is 2.48. The van der Waals surface area contributed by atoms with Crippen molar-refractivity contribution in [2.24, 2.45) is 0 Å². The fraction of sp³-hybridized carbons (Fsp3) is 0.222. The summed E-state index contributed by atoms with van der Waals surface area (Å²) in [6, 6.07) is 1.55. The van der Waals surface area contributed by atoms with Gasteiger partial charge in [0.05, 0.1) is 5.56 Å². The van der Waals surface area contributed by atoms with E-state index in [0.29, 0.717) is 18.5 Å². The zero-order chi connectivity index (χ0) is 8.97. The smallest absolute Gasteiger partial charge is 0.337 e. The highest BCUT2D eigenvalue weighted by Gasteiger charge is 2.02. The van der Waals surface area contributed by atoms with Crippen LogP contribution in [0.1, 0.15) is 16.8 Å². The fourth-order valence-electron chi connectivity index (χ4n) is 0.900. The van der Waals surface area contributed by atoms with Crippen LogP contribution in [0, 0.1) is 12.3 Å². The summed E-state index contributed by atoms with van der Waals surface area (Å²) in [5.41, 5.74) is 0.298. The molecule has 0 radical (unpaired) electrons. The second-order valence-corrected chi connectivity index (χ2v) is 2.40. The first kappa shape index (κ1) is 8.41. The number of carbonyl (C=O) groups is 1. The highest BCUT2D eigenvalue weighted by atomic mass is 16.4. The second kappa shape index (κ2) is 3.63. The lowest BCUT2D eigenvalue weighted by Gasteiger charge is -1.95. The molecule has 0 aliphatic rings. The Hall–Kier alpha value is -1.69. The van der Waals surface area contributed by atoms with Gasteiger partial charge in [0.2, 0.25) is 0 Å². The maximum absolute atomic E-state index is 10.4. The normalized spacial score (nSPS) is 9.25. The molecule has 62 valence electrons. The molecule has 3 nitrogen and oxygen atoms in total. The monoisotopic (exact) mass is 163 g/mol. The van der Waals surface area contributed by atoms with Gasteiger partial charge in [-0.05, 0) is 6.07 Å². The van der Waals surface area contributed by atoms with E-state index in [9.17, 15) is 4.79 Å². The number of hydrogen-bond donors (Lipinski definition) is 1. The van der Waals surface area contributed by atoms with Crippen molar-refractivity contribution in [2.45, 2.75) is 13.0 Å². The molecule has 1 aromatic rings. The third-order valence-corrected chi connectivity index (χ3v) is 1.51. The lowest BCUT2D eigenvalue weighted by molar-refractivity contribution is 0.0697. The third-order valence-electron chi connectivity index (χ3n) is 1.51. The van der Waals surface area contributed by atoms with Crippen molar-refractivity contribution in [2.75, 3.05) is 0 Å². The van der Waals surface area contributed by atoms with E-state index in [1.54, 1.807) is 23.0 Å². The number of terminal acetylenes is 1. The first-order valence-corrected chi connectivity index (χ1v) is 3.56. The van der Waals surface area contributed by atoms with Crippen LogP contribution in [0.5, 0.6) is 0 Å². The Bertz CT molecular complexity index is 320. The molecule has 12 heavy (non-hydrogen) atoms. The first-order valence-electron chi connectivity index (χ1n) is 3.56. The van der Waals surface area contributed by atoms with Crippen molar-refractivity contribution < 1.29 is 9.90 Å². The summed E-state index contributed by atoms with van der Waals surface area (Å²) in [5.74, 6) is 1.58. The number of aromatic carboxylic acids is 1. The third kappa shape index (κ3) is 1.89. The van der Waals surface area contributed by atoms with Crippen LogP contribution >= 0.6 is 0 Å². The number of nitrogens with zero attached hydrogens (tertiary/aromatic N) is 1. The number of carboxylic acids is 1. The highest BCUT2D eigenvalue weighted by molar-refractivity contribution is 5.87. The Morgan fingerprint density at radius 2 is 2.50 bits per heavy atom. The van der Waals surface area contributed by atoms with Crippen LogP contribution in [0.4, 0.5) is 0 Å². The molecule has 0 aliphatic carbocycles. The fourth-order valence-corrected chi connectivity index (χ4v) is 0.900. The Labute approximate surface area is 70.6 Å². The maximum atomic E-state index is 10.4. The Balaban J connectivity index is 2.66. The zero-order valence-corrected chi connectivity index (χ0v) is 6.53. The first-order chi connectivity index (χ1) is 5.74. The molecule has 1 heterocycles. The number of rotatable bonds is 3. The number of aromatic nitrogens is 1. The molecule has 0 aliphatic heterocycles. The van der Waals surface area contributed by atoms with Crippen molar-refractivity contribution in [3.8, 4) is 12.3 Å². The SMILES string of the molecule is C#CCCn1ccc(C(=O)O)c1. The topological polar surface area (TPSA) is 42.2 Å². The summed E-state index contributed by atoms with van der Waals surface area (Å²) in [5, 5.41) is 8.57. The summed E-state index contributed by atoms with van der Waals surface area (Å²) < 4.78 is 1.77. The van der Waals surface area contributed by atoms with Gasteiger partial charge in [0.25, 0.3) is 0 Å². The molecular formula is C9H9NO2. The largest absolute Gasteiger partial charge is 0.478 e. The van der Waals surface area contributed by atoms with Crippen molar-refractivity contribution in [3.63, 3.8) is 0 Å². The van der Waals surface area contributed by atoms with Gasteiger partial charge in [-0.3, -0.25) is 0 Å². The second-order valence-electron chi connectivity index (χ2n) is 2.40. The van der Waals surface area contributed by atoms with Gasteiger partial charge in [-0.25, -0.2) is 4.79 Å². The van der Waals surface area contributed by atoms with Gasteiger partial charge in [0.15, 0.2) is 0 Å². The van der Waals surface area contributed by atoms with Crippen LogP contribution in [-0.4, -0.2) is 15.6 Å². The molecule has 0 fully saturated rings. The highest BCUT2D eigenvalue weighted by Crippen LogP contribution is 2.01. The predicted octanol–water partition coefficient (Wildman–Crippen LogP) is 1.21. The zero-order valence-electron chi connectivity index (χ0n) is 6.53. The van der Waals surface area contributed by atoms with Crippen LogP contribution in [0.3, 0.4) is 0 Å². The Morgan fingerprint density at radius 3 is 3.00 bits per heavy atom. The van der Waals surface area contributed by atoms with Gasteiger partial charge in [-0.15, -0.1) is 12.3 Å². The number of aryl methyl sites for hydroxylation is 1. The van der Waals surface area contributed by atoms with Crippen LogP contribution < -0.4 is 0 Å². The summed E-state index contributed by atoms with van der Waals surface area (Å²) in [4.78, 5) is 10.4. The molecule has 0 spiro atoms. The molecule has 1 N–H and O–H groups in total. The van der Waals surface area contributed by atoms with Crippen LogP contribution in [0.15, 0.2) is 18.5 Å². The summed E-state index contributed by atoms with van der Waals surface area (Å²) in [6.07, 6.45) is 8.96. The quantitative estimate of drug-likeness (QED) is 0.680. The molecule has 1 aromatic heterocycles. The summed E-state index contributed by atoms with van der Waals surface area (Å²) in [7, 11) is 0. The van der Waals surface area contributed by atoms with Gasteiger partial charge in [0.1, 0.15) is 0 Å². The standard InChI is InChI=1S/C9H9NO2/c1-2-3-5-10-6-4-8(7-10)9(11)12/h1,4,6-7H,3,5H2,(H,11,12). The predicted molar refractivity (Wildman–Crippen MR) is 44.8 cm³/mol. The van der Waals surface area contributed by atoms with Gasteiger partial charge < -0.3 is 9.67 Å². The van der Waals surface area contributed by atoms with E-state index in [-0.39, 0.29) is 0 Å². The maximum Gasteiger partial charge on any atom is 0.337 e. The van der Waals surface area contributed by atoms with Gasteiger partial charge >= 0.3 is 5.97 Å². The van der Waals surface area contributed by atoms with Crippen LogP contribution in [0.25, 0.3) is 0 Å². The van der Waals surface area contributed by atoms with Gasteiger partial charge in [-0.1, -0.05) is 0 Å². The van der Waals surface area contributed by atoms with E-state index < -0.39 is 5.97 Å². The van der Waals surface area contributed by atoms with E-state index in [1.165, 1.54) is 0 Å². The lowest BCUT2D eigenvalue weighted by Crippen LogP contribution is -1.95. The van der Waals surface area contributed by atoms with Crippen LogP contribution in [-0.2, 0) is 6.54 Å². The molecule has 0 aromatic carbocycles. The number of hydrogen-bond acceptors (Lipinski definition) is 1. The van der Waals surface area contributed by atoms with Crippen molar-refractivity contribution in [1.29, 1.82) is 0 Å². The molecular weight excluding hydrogens is 154 g/mol. The molecule has 0 saturated heterocycles. The molecule has 0 atom stereocenters. The van der Waals surface area contributed by atoms with E-state index in [4.69, 9.17) is 11.5 Å². The Morgan fingerprint density at radius 1 is 1.75 bits per heavy atom.